The molecule has 0 radical (unpaired) electrons. The van der Waals surface area contributed by atoms with Crippen LogP contribution in [-0.2, 0) is 21.1 Å². The average molecular weight is 663 g/mol. The SMILES string of the molecule is Cc1cc(C)n(-c2[c-]c3c(cc2)c2ccccc2n3-c2[c-]c(N3[CH-]N(C)c4cccnc43)ccc2)n1.[Pt]. The van der Waals surface area contributed by atoms with E-state index in [9.17, 15) is 0 Å². The van der Waals surface area contributed by atoms with E-state index in [1.165, 1.54) is 5.39 Å². The monoisotopic (exact) mass is 662 g/mol. The van der Waals surface area contributed by atoms with Crippen molar-refractivity contribution in [3.63, 3.8) is 0 Å². The summed E-state index contributed by atoms with van der Waals surface area (Å²) in [5, 5.41) is 7.01. The number of aryl methyl sites for hydroxylation is 2. The summed E-state index contributed by atoms with van der Waals surface area (Å²) in [4.78, 5) is 8.79. The van der Waals surface area contributed by atoms with Gasteiger partial charge in [0.1, 0.15) is 5.82 Å². The number of anilines is 3. The molecule has 6 nitrogen and oxygen atoms in total. The van der Waals surface area contributed by atoms with Crippen molar-refractivity contribution in [2.45, 2.75) is 13.8 Å². The minimum absolute atomic E-state index is 0. The summed E-state index contributed by atoms with van der Waals surface area (Å²) in [7, 11) is 2.03. The molecular formula is C30H23N6Pt-3. The van der Waals surface area contributed by atoms with Crippen LogP contribution in [0.4, 0.5) is 17.2 Å². The van der Waals surface area contributed by atoms with E-state index in [0.29, 0.717) is 0 Å². The van der Waals surface area contributed by atoms with Crippen molar-refractivity contribution in [3.05, 3.63) is 109 Å². The van der Waals surface area contributed by atoms with E-state index in [-0.39, 0.29) is 21.1 Å². The van der Waals surface area contributed by atoms with Crippen molar-refractivity contribution in [1.82, 2.24) is 19.3 Å². The first kappa shape index (κ1) is 23.5. The van der Waals surface area contributed by atoms with Crippen LogP contribution in [0.1, 0.15) is 11.4 Å². The van der Waals surface area contributed by atoms with Gasteiger partial charge in [0.2, 0.25) is 0 Å². The molecule has 0 N–H and O–H groups in total. The van der Waals surface area contributed by atoms with Crippen LogP contribution < -0.4 is 9.80 Å². The van der Waals surface area contributed by atoms with Gasteiger partial charge in [0.25, 0.3) is 0 Å². The Kier molecular flexibility index (Phi) is 5.65. The van der Waals surface area contributed by atoms with E-state index < -0.39 is 0 Å². The number of pyridine rings is 1. The van der Waals surface area contributed by atoms with Gasteiger partial charge in [0, 0.05) is 44.2 Å². The molecule has 6 aromatic rings. The maximum atomic E-state index is 4.68. The average Bonchev–Trinajstić information content (AvgIpc) is 3.54. The first-order valence-corrected chi connectivity index (χ1v) is 11.9. The maximum absolute atomic E-state index is 4.68. The van der Waals surface area contributed by atoms with Crippen LogP contribution in [0.25, 0.3) is 33.2 Å². The van der Waals surface area contributed by atoms with Gasteiger partial charge in [0.15, 0.2) is 0 Å². The smallest absolute Gasteiger partial charge is 0.124 e. The summed E-state index contributed by atoms with van der Waals surface area (Å²) in [5.74, 6) is 0.897. The third kappa shape index (κ3) is 3.67. The van der Waals surface area contributed by atoms with E-state index in [1.807, 2.05) is 37.6 Å². The minimum atomic E-state index is 0. The molecule has 0 atom stereocenters. The van der Waals surface area contributed by atoms with Gasteiger partial charge in [-0.2, -0.15) is 23.9 Å². The molecule has 7 heteroatoms. The maximum Gasteiger partial charge on any atom is 0.124 e. The summed E-state index contributed by atoms with van der Waals surface area (Å²) in [5.41, 5.74) is 8.04. The number of rotatable bonds is 3. The van der Waals surface area contributed by atoms with Crippen LogP contribution in [0, 0.1) is 32.6 Å². The van der Waals surface area contributed by atoms with E-state index >= 15 is 0 Å². The fraction of sp³-hybridized carbons (Fsp3) is 0.100. The van der Waals surface area contributed by atoms with Crippen molar-refractivity contribution in [2.24, 2.45) is 0 Å². The van der Waals surface area contributed by atoms with Crippen molar-refractivity contribution in [3.8, 4) is 11.4 Å². The largest absolute Gasteiger partial charge is 0.502 e. The Morgan fingerprint density at radius 2 is 1.65 bits per heavy atom. The van der Waals surface area contributed by atoms with E-state index in [2.05, 4.69) is 110 Å². The molecule has 0 amide bonds. The van der Waals surface area contributed by atoms with Gasteiger partial charge in [-0.15, -0.1) is 41.4 Å². The van der Waals surface area contributed by atoms with E-state index in [1.54, 1.807) is 0 Å². The number of hydrogen-bond acceptors (Lipinski definition) is 4. The fourth-order valence-electron chi connectivity index (χ4n) is 5.16. The molecule has 0 aliphatic carbocycles. The first-order chi connectivity index (χ1) is 17.6. The molecular weight excluding hydrogens is 639 g/mol. The molecule has 3 aromatic carbocycles. The first-order valence-electron chi connectivity index (χ1n) is 11.9. The molecule has 37 heavy (non-hydrogen) atoms. The molecule has 0 saturated carbocycles. The third-order valence-electron chi connectivity index (χ3n) is 6.73. The van der Waals surface area contributed by atoms with Crippen LogP contribution in [0.15, 0.2) is 79.0 Å². The summed E-state index contributed by atoms with van der Waals surface area (Å²) >= 11 is 0. The predicted molar refractivity (Wildman–Crippen MR) is 144 cm³/mol. The van der Waals surface area contributed by atoms with Gasteiger partial charge in [-0.1, -0.05) is 29.4 Å². The number of para-hydroxylation sites is 1. The molecule has 186 valence electrons. The normalized spacial score (nSPS) is 12.8. The Hall–Kier alpha value is -3.89. The zero-order valence-corrected chi connectivity index (χ0v) is 22.9. The molecule has 7 rings (SSSR count). The van der Waals surface area contributed by atoms with Gasteiger partial charge in [-0.3, -0.25) is 4.68 Å². The molecule has 0 bridgehead atoms. The Morgan fingerprint density at radius 3 is 2.49 bits per heavy atom. The van der Waals surface area contributed by atoms with Crippen LogP contribution in [0.2, 0.25) is 0 Å². The quantitative estimate of drug-likeness (QED) is 0.209. The number of benzene rings is 3. The molecule has 0 spiro atoms. The number of fused-ring (bicyclic) bond motifs is 4. The predicted octanol–water partition coefficient (Wildman–Crippen LogP) is 6.29. The Bertz CT molecular complexity index is 1780. The van der Waals surface area contributed by atoms with Gasteiger partial charge in [-0.25, -0.2) is 4.98 Å². The van der Waals surface area contributed by atoms with Crippen LogP contribution >= 0.6 is 0 Å². The van der Waals surface area contributed by atoms with Gasteiger partial charge in [0.05, 0.1) is 5.69 Å². The molecule has 4 heterocycles. The molecule has 1 aliphatic heterocycles. The Labute approximate surface area is 230 Å². The summed E-state index contributed by atoms with van der Waals surface area (Å²) in [6.45, 7) is 6.13. The fourth-order valence-corrected chi connectivity index (χ4v) is 5.16. The second-order valence-corrected chi connectivity index (χ2v) is 9.16. The van der Waals surface area contributed by atoms with Crippen LogP contribution in [0.3, 0.4) is 0 Å². The summed E-state index contributed by atoms with van der Waals surface area (Å²) in [6, 6.07) is 32.4. The molecule has 0 unspecified atom stereocenters. The molecule has 0 saturated heterocycles. The number of hydrogen-bond donors (Lipinski definition) is 0. The van der Waals surface area contributed by atoms with Gasteiger partial charge < -0.3 is 14.4 Å². The summed E-state index contributed by atoms with van der Waals surface area (Å²) in [6.07, 6.45) is 1.82. The zero-order valence-electron chi connectivity index (χ0n) is 20.6. The van der Waals surface area contributed by atoms with Crippen LogP contribution in [0.5, 0.6) is 0 Å². The van der Waals surface area contributed by atoms with Crippen LogP contribution in [-0.4, -0.2) is 26.4 Å². The molecule has 1 aliphatic rings. The zero-order chi connectivity index (χ0) is 24.4. The number of aromatic nitrogens is 4. The topological polar surface area (TPSA) is 42.1 Å². The van der Waals surface area contributed by atoms with Crippen molar-refractivity contribution < 1.29 is 21.1 Å². The Balaban J connectivity index is 0.00000252. The minimum Gasteiger partial charge on any atom is -0.502 e. The van der Waals surface area contributed by atoms with Crippen molar-refractivity contribution in [1.29, 1.82) is 0 Å². The Morgan fingerprint density at radius 1 is 0.811 bits per heavy atom. The second-order valence-electron chi connectivity index (χ2n) is 9.16. The second kappa shape index (κ2) is 8.89. The summed E-state index contributed by atoms with van der Waals surface area (Å²) < 4.78 is 4.19. The van der Waals surface area contributed by atoms with Crippen molar-refractivity contribution >= 4 is 39.0 Å². The number of nitrogens with zero attached hydrogens (tertiary/aromatic N) is 6. The standard InChI is InChI=1S/C30H23N6.Pt/c1-20-16-21(2)36(32-20)24-13-14-26-25-10-4-5-11-27(25)35(29(26)18-24)23-9-6-8-22(17-23)34-19-33(3)28-12-7-15-31-30(28)34;/h4-16,19H,1-3H3;/q-3;. The van der Waals surface area contributed by atoms with E-state index in [0.717, 1.165) is 56.4 Å². The van der Waals surface area contributed by atoms with E-state index in [4.69, 9.17) is 0 Å². The van der Waals surface area contributed by atoms with Gasteiger partial charge >= 0.3 is 0 Å². The molecule has 0 fully saturated rings. The third-order valence-corrected chi connectivity index (χ3v) is 6.73. The van der Waals surface area contributed by atoms with Crippen molar-refractivity contribution in [2.75, 3.05) is 16.8 Å². The van der Waals surface area contributed by atoms with Gasteiger partial charge in [-0.05, 0) is 56.2 Å². The molecule has 3 aromatic heterocycles.